The first-order valence-electron chi connectivity index (χ1n) is 7.16. The number of aryl methyl sites for hydroxylation is 2. The van der Waals surface area contributed by atoms with Crippen molar-refractivity contribution in [2.45, 2.75) is 39.4 Å². The van der Waals surface area contributed by atoms with Gasteiger partial charge in [-0.3, -0.25) is 9.48 Å². The molecule has 2 aromatic rings. The molecule has 0 aliphatic heterocycles. The van der Waals surface area contributed by atoms with Gasteiger partial charge in [-0.1, -0.05) is 6.07 Å². The number of anilines is 1. The zero-order valence-corrected chi connectivity index (χ0v) is 13.1. The molecule has 0 saturated heterocycles. The summed E-state index contributed by atoms with van der Waals surface area (Å²) >= 11 is 0. The van der Waals surface area contributed by atoms with Gasteiger partial charge in [0.1, 0.15) is 0 Å². The highest BCUT2D eigenvalue weighted by Gasteiger charge is 2.30. The van der Waals surface area contributed by atoms with Gasteiger partial charge in [-0.25, -0.2) is 0 Å². The van der Waals surface area contributed by atoms with E-state index in [0.717, 1.165) is 23.5 Å². The van der Waals surface area contributed by atoms with E-state index in [1.54, 1.807) is 4.68 Å². The first-order valence-corrected chi connectivity index (χ1v) is 7.16. The maximum atomic E-state index is 12.7. The number of carbonyl (C=O) groups excluding carboxylic acids is 1. The standard InChI is InChI=1S/C16H18F3N3O/c1-10-7-11(2)22(21-10)12(3)8-15(23)20-14-6-4-5-13(9-14)16(17,18)19/h4-7,9,12H,8H2,1-3H3,(H,20,23)/t12-/m1/s1. The van der Waals surface area contributed by atoms with E-state index in [-0.39, 0.29) is 24.1 Å². The monoisotopic (exact) mass is 325 g/mol. The number of nitrogens with one attached hydrogen (secondary N) is 1. The number of nitrogens with zero attached hydrogens (tertiary/aromatic N) is 2. The lowest BCUT2D eigenvalue weighted by Crippen LogP contribution is -2.19. The van der Waals surface area contributed by atoms with Gasteiger partial charge in [0.05, 0.1) is 17.3 Å². The molecule has 1 aromatic heterocycles. The maximum Gasteiger partial charge on any atom is 0.416 e. The van der Waals surface area contributed by atoms with E-state index in [4.69, 9.17) is 0 Å². The van der Waals surface area contributed by atoms with Gasteiger partial charge in [-0.05, 0) is 45.0 Å². The molecule has 0 aliphatic carbocycles. The number of amides is 1. The van der Waals surface area contributed by atoms with Crippen LogP contribution in [0.5, 0.6) is 0 Å². The van der Waals surface area contributed by atoms with Gasteiger partial charge < -0.3 is 5.32 Å². The quantitative estimate of drug-likeness (QED) is 0.919. The van der Waals surface area contributed by atoms with Crippen LogP contribution in [-0.4, -0.2) is 15.7 Å². The van der Waals surface area contributed by atoms with E-state index in [1.807, 2.05) is 26.8 Å². The van der Waals surface area contributed by atoms with E-state index in [2.05, 4.69) is 10.4 Å². The Hall–Kier alpha value is -2.31. The summed E-state index contributed by atoms with van der Waals surface area (Å²) in [7, 11) is 0. The number of benzene rings is 1. The summed E-state index contributed by atoms with van der Waals surface area (Å²) in [6.07, 6.45) is -4.31. The van der Waals surface area contributed by atoms with Crippen molar-refractivity contribution in [1.29, 1.82) is 0 Å². The Morgan fingerprint density at radius 3 is 2.57 bits per heavy atom. The molecule has 23 heavy (non-hydrogen) atoms. The minimum Gasteiger partial charge on any atom is -0.326 e. The Bertz CT molecular complexity index is 707. The molecule has 1 atom stereocenters. The summed E-state index contributed by atoms with van der Waals surface area (Å²) in [5, 5.41) is 6.81. The molecule has 2 rings (SSSR count). The van der Waals surface area contributed by atoms with Crippen LogP contribution in [0.2, 0.25) is 0 Å². The third-order valence-electron chi connectivity index (χ3n) is 3.42. The first-order chi connectivity index (χ1) is 10.7. The van der Waals surface area contributed by atoms with Gasteiger partial charge in [0.15, 0.2) is 0 Å². The molecular weight excluding hydrogens is 307 g/mol. The van der Waals surface area contributed by atoms with Crippen molar-refractivity contribution in [3.63, 3.8) is 0 Å². The van der Waals surface area contributed by atoms with Crippen LogP contribution in [0, 0.1) is 13.8 Å². The Morgan fingerprint density at radius 2 is 2.00 bits per heavy atom. The van der Waals surface area contributed by atoms with Crippen molar-refractivity contribution in [3.8, 4) is 0 Å². The summed E-state index contributed by atoms with van der Waals surface area (Å²) in [6, 6.07) is 6.31. The van der Waals surface area contributed by atoms with Crippen molar-refractivity contribution in [1.82, 2.24) is 9.78 Å². The molecule has 0 aliphatic rings. The SMILES string of the molecule is Cc1cc(C)n([C@H](C)CC(=O)Nc2cccc(C(F)(F)F)c2)n1. The molecular formula is C16H18F3N3O. The van der Waals surface area contributed by atoms with E-state index in [9.17, 15) is 18.0 Å². The highest BCUT2D eigenvalue weighted by molar-refractivity contribution is 5.91. The number of alkyl halides is 3. The summed E-state index contributed by atoms with van der Waals surface area (Å²) in [6.45, 7) is 5.59. The van der Waals surface area contributed by atoms with Crippen molar-refractivity contribution in [2.75, 3.05) is 5.32 Å². The second-order valence-electron chi connectivity index (χ2n) is 5.55. The molecule has 1 heterocycles. The lowest BCUT2D eigenvalue weighted by atomic mass is 10.1. The number of carbonyl (C=O) groups is 1. The van der Waals surface area contributed by atoms with Gasteiger partial charge >= 0.3 is 6.18 Å². The molecule has 7 heteroatoms. The predicted octanol–water partition coefficient (Wildman–Crippen LogP) is 4.11. The van der Waals surface area contributed by atoms with Crippen LogP contribution < -0.4 is 5.32 Å². The van der Waals surface area contributed by atoms with Gasteiger partial charge in [0, 0.05) is 17.8 Å². The lowest BCUT2D eigenvalue weighted by molar-refractivity contribution is -0.137. The molecule has 124 valence electrons. The molecule has 1 N–H and O–H groups in total. The van der Waals surface area contributed by atoms with Gasteiger partial charge in [0.25, 0.3) is 0 Å². The average molecular weight is 325 g/mol. The molecule has 0 spiro atoms. The smallest absolute Gasteiger partial charge is 0.326 e. The van der Waals surface area contributed by atoms with Crippen LogP contribution in [-0.2, 0) is 11.0 Å². The van der Waals surface area contributed by atoms with Crippen molar-refractivity contribution < 1.29 is 18.0 Å². The number of hydrogen-bond donors (Lipinski definition) is 1. The third-order valence-corrected chi connectivity index (χ3v) is 3.42. The second kappa shape index (κ2) is 6.44. The van der Waals surface area contributed by atoms with Crippen LogP contribution in [0.15, 0.2) is 30.3 Å². The number of hydrogen-bond acceptors (Lipinski definition) is 2. The molecule has 0 saturated carbocycles. The van der Waals surface area contributed by atoms with Crippen LogP contribution in [0.25, 0.3) is 0 Å². The topological polar surface area (TPSA) is 46.9 Å². The zero-order valence-electron chi connectivity index (χ0n) is 13.1. The summed E-state index contributed by atoms with van der Waals surface area (Å²) in [4.78, 5) is 12.0. The largest absolute Gasteiger partial charge is 0.416 e. The van der Waals surface area contributed by atoms with Crippen LogP contribution in [0.1, 0.15) is 36.3 Å². The van der Waals surface area contributed by atoms with Crippen LogP contribution in [0.3, 0.4) is 0 Å². The van der Waals surface area contributed by atoms with E-state index < -0.39 is 11.7 Å². The maximum absolute atomic E-state index is 12.7. The van der Waals surface area contributed by atoms with Crippen molar-refractivity contribution in [3.05, 3.63) is 47.3 Å². The third kappa shape index (κ3) is 4.34. The second-order valence-corrected chi connectivity index (χ2v) is 5.55. The summed E-state index contributed by atoms with van der Waals surface area (Å²) in [5.74, 6) is -0.357. The molecule has 1 aromatic carbocycles. The number of aromatic nitrogens is 2. The zero-order chi connectivity index (χ0) is 17.2. The Morgan fingerprint density at radius 1 is 1.30 bits per heavy atom. The highest BCUT2D eigenvalue weighted by atomic mass is 19.4. The molecule has 0 bridgehead atoms. The Kier molecular flexibility index (Phi) is 4.77. The Balaban J connectivity index is 2.04. The van der Waals surface area contributed by atoms with Crippen molar-refractivity contribution in [2.24, 2.45) is 0 Å². The first kappa shape index (κ1) is 17.1. The van der Waals surface area contributed by atoms with Crippen molar-refractivity contribution >= 4 is 11.6 Å². The number of rotatable bonds is 4. The molecule has 0 fully saturated rings. The fraction of sp³-hybridized carbons (Fsp3) is 0.375. The lowest BCUT2D eigenvalue weighted by Gasteiger charge is -2.15. The van der Waals surface area contributed by atoms with E-state index >= 15 is 0 Å². The molecule has 0 unspecified atom stereocenters. The molecule has 0 radical (unpaired) electrons. The predicted molar refractivity (Wildman–Crippen MR) is 81.1 cm³/mol. The van der Waals surface area contributed by atoms with E-state index in [0.29, 0.717) is 0 Å². The van der Waals surface area contributed by atoms with Gasteiger partial charge in [-0.2, -0.15) is 18.3 Å². The summed E-state index contributed by atoms with van der Waals surface area (Å²) in [5.41, 5.74) is 1.13. The minimum absolute atomic E-state index is 0.123. The highest BCUT2D eigenvalue weighted by Crippen LogP contribution is 2.30. The van der Waals surface area contributed by atoms with Gasteiger partial charge in [0.2, 0.25) is 5.91 Å². The molecule has 1 amide bonds. The average Bonchev–Trinajstić information content (AvgIpc) is 2.77. The Labute approximate surface area is 132 Å². The minimum atomic E-state index is -4.43. The van der Waals surface area contributed by atoms with Crippen LogP contribution in [0.4, 0.5) is 18.9 Å². The van der Waals surface area contributed by atoms with E-state index in [1.165, 1.54) is 12.1 Å². The van der Waals surface area contributed by atoms with Crippen LogP contribution >= 0.6 is 0 Å². The number of halogens is 3. The fourth-order valence-corrected chi connectivity index (χ4v) is 2.43. The fourth-order valence-electron chi connectivity index (χ4n) is 2.43. The summed E-state index contributed by atoms with van der Waals surface area (Å²) < 4.78 is 39.7. The normalized spacial score (nSPS) is 13.0. The molecule has 4 nitrogen and oxygen atoms in total. The van der Waals surface area contributed by atoms with Gasteiger partial charge in [-0.15, -0.1) is 0 Å².